The summed E-state index contributed by atoms with van der Waals surface area (Å²) in [6.45, 7) is 0. The molecule has 302 valence electrons. The number of rotatable bonds is 9. The van der Waals surface area contributed by atoms with Gasteiger partial charge in [-0.15, -0.1) is 22.7 Å². The van der Waals surface area contributed by atoms with Crippen LogP contribution in [0.1, 0.15) is 0 Å². The minimum atomic E-state index is 1.12. The molecule has 12 aromatic rings. The highest BCUT2D eigenvalue weighted by molar-refractivity contribution is 7.26. The Morgan fingerprint density at radius 3 is 0.844 bits per heavy atom. The van der Waals surface area contributed by atoms with Crippen LogP contribution in [-0.4, -0.2) is 0 Å². The molecule has 0 aliphatic carbocycles. The van der Waals surface area contributed by atoms with Gasteiger partial charge in [-0.3, -0.25) is 0 Å². The molecule has 0 saturated heterocycles. The number of anilines is 6. The van der Waals surface area contributed by atoms with Crippen LogP contribution < -0.4 is 9.80 Å². The minimum Gasteiger partial charge on any atom is -0.310 e. The molecule has 2 heterocycles. The molecule has 0 aliphatic rings. The SMILES string of the molecule is c1ccc(N(c2ccccc2)c2cc(-c3ccccc3-c3ccccc3-c3cc(N(c4ccccc4)c4ccccc4)cc4c3sc3ccccc34)c3sc4ccccc4c3c2)cc1. The molecule has 0 amide bonds. The summed E-state index contributed by atoms with van der Waals surface area (Å²) >= 11 is 3.76. The quantitative estimate of drug-likeness (QED) is 0.143. The fourth-order valence-electron chi connectivity index (χ4n) is 9.39. The molecule has 0 bridgehead atoms. The molecule has 0 N–H and O–H groups in total. The summed E-state index contributed by atoms with van der Waals surface area (Å²) in [5.74, 6) is 0. The molecular formula is C60H40N2S2. The molecule has 64 heavy (non-hydrogen) atoms. The Bertz CT molecular complexity index is 3290. The van der Waals surface area contributed by atoms with Gasteiger partial charge in [-0.05, 0) is 107 Å². The molecule has 0 saturated carbocycles. The van der Waals surface area contributed by atoms with Crippen LogP contribution in [-0.2, 0) is 0 Å². The van der Waals surface area contributed by atoms with Crippen molar-refractivity contribution in [2.24, 2.45) is 0 Å². The van der Waals surface area contributed by atoms with Gasteiger partial charge < -0.3 is 9.80 Å². The summed E-state index contributed by atoms with van der Waals surface area (Å²) in [6, 6.07) is 88.3. The number of hydrogen-bond donors (Lipinski definition) is 0. The zero-order valence-corrected chi connectivity index (χ0v) is 36.4. The second kappa shape index (κ2) is 16.2. The molecular weight excluding hydrogens is 813 g/mol. The second-order valence-corrected chi connectivity index (χ2v) is 18.1. The molecule has 0 atom stereocenters. The summed E-state index contributed by atoms with van der Waals surface area (Å²) in [7, 11) is 0. The van der Waals surface area contributed by atoms with Crippen molar-refractivity contribution in [2.45, 2.75) is 0 Å². The monoisotopic (exact) mass is 852 g/mol. The van der Waals surface area contributed by atoms with Crippen LogP contribution in [0.3, 0.4) is 0 Å². The predicted molar refractivity (Wildman–Crippen MR) is 278 cm³/mol. The maximum Gasteiger partial charge on any atom is 0.0475 e. The van der Waals surface area contributed by atoms with Crippen molar-refractivity contribution in [3.63, 3.8) is 0 Å². The summed E-state index contributed by atoms with van der Waals surface area (Å²) in [4.78, 5) is 4.78. The van der Waals surface area contributed by atoms with Gasteiger partial charge in [0.05, 0.1) is 0 Å². The van der Waals surface area contributed by atoms with E-state index in [4.69, 9.17) is 0 Å². The van der Waals surface area contributed by atoms with Gasteiger partial charge in [0, 0.05) is 85.6 Å². The van der Waals surface area contributed by atoms with Crippen molar-refractivity contribution >= 4 is 97.1 Å². The van der Waals surface area contributed by atoms with E-state index in [0.717, 1.165) is 34.1 Å². The molecule has 0 radical (unpaired) electrons. The molecule has 0 spiro atoms. The third-order valence-corrected chi connectivity index (χ3v) is 14.7. The Hall–Kier alpha value is -7.76. The van der Waals surface area contributed by atoms with Crippen LogP contribution in [0.2, 0.25) is 0 Å². The van der Waals surface area contributed by atoms with E-state index in [2.05, 4.69) is 252 Å². The van der Waals surface area contributed by atoms with E-state index < -0.39 is 0 Å². The topological polar surface area (TPSA) is 6.48 Å². The van der Waals surface area contributed by atoms with Crippen LogP contribution in [0, 0.1) is 0 Å². The number of fused-ring (bicyclic) bond motifs is 6. The van der Waals surface area contributed by atoms with E-state index in [0.29, 0.717) is 0 Å². The second-order valence-electron chi connectivity index (χ2n) is 16.0. The van der Waals surface area contributed by atoms with Crippen LogP contribution in [0.4, 0.5) is 34.1 Å². The Balaban J connectivity index is 1.12. The van der Waals surface area contributed by atoms with Crippen molar-refractivity contribution in [1.29, 1.82) is 0 Å². The maximum atomic E-state index is 2.42. The first-order valence-electron chi connectivity index (χ1n) is 21.7. The standard InChI is InChI=1S/C60H40N2S2/c1-5-21-41(22-6-1)61(42-23-7-2-8-24-42)45-37-53(59-55(39-45)51-33-17-19-35-57(51)63-59)49-31-15-13-29-47(49)48-30-14-16-32-50(48)54-38-46(40-56-52-34-18-20-36-58(52)64-60(54)56)62(43-25-9-3-10-26-43)44-27-11-4-12-28-44/h1-40H. The fraction of sp³-hybridized carbons (Fsp3) is 0. The maximum absolute atomic E-state index is 2.42. The average molecular weight is 853 g/mol. The van der Waals surface area contributed by atoms with Gasteiger partial charge in [0.1, 0.15) is 0 Å². The van der Waals surface area contributed by atoms with E-state index in [1.807, 2.05) is 22.7 Å². The van der Waals surface area contributed by atoms with Crippen molar-refractivity contribution in [2.75, 3.05) is 9.80 Å². The van der Waals surface area contributed by atoms with Crippen molar-refractivity contribution in [3.8, 4) is 33.4 Å². The lowest BCUT2D eigenvalue weighted by Gasteiger charge is -2.27. The van der Waals surface area contributed by atoms with Crippen LogP contribution >= 0.6 is 22.7 Å². The van der Waals surface area contributed by atoms with Gasteiger partial charge in [-0.1, -0.05) is 158 Å². The van der Waals surface area contributed by atoms with Crippen LogP contribution in [0.25, 0.3) is 73.7 Å². The zero-order chi connectivity index (χ0) is 42.4. The summed E-state index contributed by atoms with van der Waals surface area (Å²) in [5.41, 5.74) is 13.9. The first kappa shape index (κ1) is 38.0. The van der Waals surface area contributed by atoms with Crippen molar-refractivity contribution in [1.82, 2.24) is 0 Å². The molecule has 4 heteroatoms. The van der Waals surface area contributed by atoms with E-state index in [9.17, 15) is 0 Å². The smallest absolute Gasteiger partial charge is 0.0475 e. The lowest BCUT2D eigenvalue weighted by molar-refractivity contribution is 1.29. The minimum absolute atomic E-state index is 1.12. The van der Waals surface area contributed by atoms with Gasteiger partial charge in [-0.25, -0.2) is 0 Å². The highest BCUT2D eigenvalue weighted by atomic mass is 32.1. The summed E-state index contributed by atoms with van der Waals surface area (Å²) in [5, 5.41) is 5.06. The van der Waals surface area contributed by atoms with E-state index in [1.54, 1.807) is 0 Å². The lowest BCUT2D eigenvalue weighted by atomic mass is 9.88. The Morgan fingerprint density at radius 1 is 0.219 bits per heavy atom. The van der Waals surface area contributed by atoms with E-state index >= 15 is 0 Å². The first-order valence-corrected chi connectivity index (χ1v) is 23.3. The zero-order valence-electron chi connectivity index (χ0n) is 34.8. The average Bonchev–Trinajstić information content (AvgIpc) is 3.94. The van der Waals surface area contributed by atoms with Gasteiger partial charge in [0.15, 0.2) is 0 Å². The molecule has 2 aromatic heterocycles. The van der Waals surface area contributed by atoms with Crippen molar-refractivity contribution < 1.29 is 0 Å². The third kappa shape index (κ3) is 6.63. The first-order chi connectivity index (χ1) is 31.8. The van der Waals surface area contributed by atoms with Crippen LogP contribution in [0.5, 0.6) is 0 Å². The van der Waals surface area contributed by atoms with E-state index in [-0.39, 0.29) is 0 Å². The van der Waals surface area contributed by atoms with Crippen LogP contribution in [0.15, 0.2) is 243 Å². The molecule has 0 fully saturated rings. The Morgan fingerprint density at radius 2 is 0.500 bits per heavy atom. The highest BCUT2D eigenvalue weighted by Gasteiger charge is 2.23. The number of benzene rings is 10. The number of nitrogens with zero attached hydrogens (tertiary/aromatic N) is 2. The molecule has 10 aromatic carbocycles. The number of thiophene rings is 2. The summed E-state index contributed by atoms with van der Waals surface area (Å²) < 4.78 is 5.13. The molecule has 0 unspecified atom stereocenters. The Labute approximate surface area is 380 Å². The fourth-order valence-corrected chi connectivity index (χ4v) is 11.8. The van der Waals surface area contributed by atoms with Gasteiger partial charge in [0.25, 0.3) is 0 Å². The Kier molecular flexibility index (Phi) is 9.59. The van der Waals surface area contributed by atoms with E-state index in [1.165, 1.54) is 73.7 Å². The molecule has 2 nitrogen and oxygen atoms in total. The lowest BCUT2D eigenvalue weighted by Crippen LogP contribution is -2.10. The van der Waals surface area contributed by atoms with Gasteiger partial charge in [0.2, 0.25) is 0 Å². The predicted octanol–water partition coefficient (Wildman–Crippen LogP) is 18.4. The van der Waals surface area contributed by atoms with Gasteiger partial charge in [-0.2, -0.15) is 0 Å². The number of para-hydroxylation sites is 4. The third-order valence-electron chi connectivity index (χ3n) is 12.2. The largest absolute Gasteiger partial charge is 0.310 e. The highest BCUT2D eigenvalue weighted by Crippen LogP contribution is 2.51. The molecule has 12 rings (SSSR count). The number of hydrogen-bond acceptors (Lipinski definition) is 4. The normalized spacial score (nSPS) is 11.4. The molecule has 0 aliphatic heterocycles. The summed E-state index contributed by atoms with van der Waals surface area (Å²) in [6.07, 6.45) is 0. The van der Waals surface area contributed by atoms with Gasteiger partial charge >= 0.3 is 0 Å². The van der Waals surface area contributed by atoms with Crippen molar-refractivity contribution in [3.05, 3.63) is 243 Å².